The Hall–Kier alpha value is -2.02. The molecule has 0 unspecified atom stereocenters. The van der Waals surface area contributed by atoms with E-state index in [0.717, 1.165) is 30.4 Å². The first-order valence-corrected chi connectivity index (χ1v) is 10.1. The highest BCUT2D eigenvalue weighted by Crippen LogP contribution is 2.32. The van der Waals surface area contributed by atoms with Crippen LogP contribution in [0.15, 0.2) is 34.6 Å². The first-order chi connectivity index (χ1) is 13.7. The first-order valence-electron chi connectivity index (χ1n) is 9.73. The minimum atomic E-state index is -0.153. The summed E-state index contributed by atoms with van der Waals surface area (Å²) in [4.78, 5) is 13.2. The number of hydrogen-bond acceptors (Lipinski definition) is 5. The number of benzene rings is 1. The van der Waals surface area contributed by atoms with Crippen LogP contribution in [0.5, 0.6) is 11.5 Å². The predicted molar refractivity (Wildman–Crippen MR) is 116 cm³/mol. The van der Waals surface area contributed by atoms with Crippen LogP contribution in [0.25, 0.3) is 10.9 Å². The maximum atomic E-state index is 13.2. The molecule has 3 rings (SSSR count). The molecule has 158 valence electrons. The van der Waals surface area contributed by atoms with E-state index < -0.39 is 0 Å². The van der Waals surface area contributed by atoms with Crippen LogP contribution in [0.1, 0.15) is 32.3 Å². The molecule has 1 aliphatic rings. The van der Waals surface area contributed by atoms with Crippen LogP contribution >= 0.6 is 11.6 Å². The fourth-order valence-electron chi connectivity index (χ4n) is 3.88. The molecule has 0 radical (unpaired) electrons. The Morgan fingerprint density at radius 1 is 1.31 bits per heavy atom. The smallest absolute Gasteiger partial charge is 0.255 e. The third-order valence-electron chi connectivity index (χ3n) is 5.28. The summed E-state index contributed by atoms with van der Waals surface area (Å²) in [6.07, 6.45) is 1.83. The number of rotatable bonds is 7. The van der Waals surface area contributed by atoms with E-state index in [4.69, 9.17) is 25.8 Å². The van der Waals surface area contributed by atoms with Crippen molar-refractivity contribution in [2.45, 2.75) is 51.4 Å². The van der Waals surface area contributed by atoms with Crippen molar-refractivity contribution < 1.29 is 14.2 Å². The number of hydrogen-bond donors (Lipinski definition) is 1. The van der Waals surface area contributed by atoms with Crippen LogP contribution in [0.3, 0.4) is 0 Å². The van der Waals surface area contributed by atoms with Crippen LogP contribution in [-0.4, -0.2) is 37.0 Å². The Bertz CT molecular complexity index is 967. The number of allylic oxidation sites excluding steroid dienone is 1. The molecule has 1 saturated heterocycles. The van der Waals surface area contributed by atoms with Gasteiger partial charge in [-0.25, -0.2) is 0 Å². The van der Waals surface area contributed by atoms with Gasteiger partial charge in [-0.2, -0.15) is 0 Å². The van der Waals surface area contributed by atoms with E-state index in [0.29, 0.717) is 34.7 Å². The molecule has 1 aliphatic heterocycles. The van der Waals surface area contributed by atoms with Gasteiger partial charge in [0.25, 0.3) is 5.56 Å². The van der Waals surface area contributed by atoms with Crippen LogP contribution in [0.2, 0.25) is 0 Å². The van der Waals surface area contributed by atoms with Crippen molar-refractivity contribution in [1.29, 1.82) is 0 Å². The number of aromatic nitrogens is 1. The average Bonchev–Trinajstić information content (AvgIpc) is 2.67. The van der Waals surface area contributed by atoms with E-state index in [2.05, 4.69) is 25.7 Å². The van der Waals surface area contributed by atoms with E-state index in [1.54, 1.807) is 24.9 Å². The minimum absolute atomic E-state index is 0.0923. The lowest BCUT2D eigenvalue weighted by molar-refractivity contribution is -0.0630. The van der Waals surface area contributed by atoms with E-state index in [-0.39, 0.29) is 17.7 Å². The number of ether oxygens (including phenoxy) is 3. The molecule has 7 heteroatoms. The lowest BCUT2D eigenvalue weighted by Crippen LogP contribution is -2.44. The monoisotopic (exact) mass is 420 g/mol. The molecule has 1 N–H and O–H groups in total. The summed E-state index contributed by atoms with van der Waals surface area (Å²) in [6, 6.07) is 5.89. The molecule has 29 heavy (non-hydrogen) atoms. The van der Waals surface area contributed by atoms with E-state index in [1.807, 2.05) is 12.1 Å². The van der Waals surface area contributed by atoms with Crippen molar-refractivity contribution in [3.05, 3.63) is 45.7 Å². The van der Waals surface area contributed by atoms with E-state index in [1.165, 1.54) is 0 Å². The Kier molecular flexibility index (Phi) is 6.56. The Morgan fingerprint density at radius 2 is 2.00 bits per heavy atom. The zero-order valence-corrected chi connectivity index (χ0v) is 18.3. The average molecular weight is 421 g/mol. The maximum Gasteiger partial charge on any atom is 0.255 e. The predicted octanol–water partition coefficient (Wildman–Crippen LogP) is 3.82. The highest BCUT2D eigenvalue weighted by atomic mass is 35.5. The molecule has 1 aromatic carbocycles. The molecule has 1 aromatic heterocycles. The molecule has 0 saturated carbocycles. The van der Waals surface area contributed by atoms with Crippen molar-refractivity contribution in [2.24, 2.45) is 0 Å². The second kappa shape index (κ2) is 8.78. The summed E-state index contributed by atoms with van der Waals surface area (Å²) >= 11 is 6.06. The van der Waals surface area contributed by atoms with Gasteiger partial charge in [0.05, 0.1) is 31.9 Å². The topological polar surface area (TPSA) is 61.7 Å². The van der Waals surface area contributed by atoms with Crippen LogP contribution in [-0.2, 0) is 17.8 Å². The van der Waals surface area contributed by atoms with Gasteiger partial charge in [0, 0.05) is 41.2 Å². The largest absolute Gasteiger partial charge is 0.493 e. The summed E-state index contributed by atoms with van der Waals surface area (Å²) in [5.74, 6) is 1.17. The van der Waals surface area contributed by atoms with Gasteiger partial charge in [-0.1, -0.05) is 18.2 Å². The quantitative estimate of drug-likeness (QED) is 0.737. The lowest BCUT2D eigenvalue weighted by Gasteiger charge is -2.36. The van der Waals surface area contributed by atoms with Gasteiger partial charge < -0.3 is 24.1 Å². The maximum absolute atomic E-state index is 13.2. The van der Waals surface area contributed by atoms with Crippen molar-refractivity contribution in [2.75, 3.05) is 20.8 Å². The third kappa shape index (κ3) is 4.94. The third-order valence-corrected chi connectivity index (χ3v) is 5.40. The second-order valence-corrected chi connectivity index (χ2v) is 8.56. The molecule has 0 bridgehead atoms. The SMILES string of the molecule is C=C(Cl)Cn1c(=O)c(CN[C@H]2CCOC(C)(C)C2)cc2cc(OC)c(OC)cc21. The molecule has 1 fully saturated rings. The molecule has 1 atom stereocenters. The lowest BCUT2D eigenvalue weighted by atomic mass is 9.94. The fourth-order valence-corrected chi connectivity index (χ4v) is 4.00. The second-order valence-electron chi connectivity index (χ2n) is 8.02. The normalized spacial score (nSPS) is 18.6. The number of halogens is 1. The van der Waals surface area contributed by atoms with Gasteiger partial charge in [0.2, 0.25) is 0 Å². The fraction of sp³-hybridized carbons (Fsp3) is 0.500. The van der Waals surface area contributed by atoms with Gasteiger partial charge >= 0.3 is 0 Å². The van der Waals surface area contributed by atoms with Crippen molar-refractivity contribution in [1.82, 2.24) is 9.88 Å². The van der Waals surface area contributed by atoms with Gasteiger partial charge in [-0.05, 0) is 38.8 Å². The molecule has 0 aliphatic carbocycles. The van der Waals surface area contributed by atoms with Crippen molar-refractivity contribution in [3.63, 3.8) is 0 Å². The highest BCUT2D eigenvalue weighted by Gasteiger charge is 2.28. The van der Waals surface area contributed by atoms with E-state index in [9.17, 15) is 4.79 Å². The Balaban J connectivity index is 1.99. The molecule has 2 aromatic rings. The Labute approximate surface area is 176 Å². The summed E-state index contributed by atoms with van der Waals surface area (Å²) in [5.41, 5.74) is 1.16. The van der Waals surface area contributed by atoms with Gasteiger partial charge in [0.1, 0.15) is 0 Å². The number of pyridine rings is 1. The summed E-state index contributed by atoms with van der Waals surface area (Å²) in [5, 5.41) is 4.79. The van der Waals surface area contributed by atoms with Crippen LogP contribution < -0.4 is 20.3 Å². The van der Waals surface area contributed by atoms with Gasteiger partial charge in [0.15, 0.2) is 11.5 Å². The molecule has 0 amide bonds. The zero-order valence-electron chi connectivity index (χ0n) is 17.5. The molecule has 0 spiro atoms. The van der Waals surface area contributed by atoms with Gasteiger partial charge in [-0.15, -0.1) is 0 Å². The van der Waals surface area contributed by atoms with Crippen LogP contribution in [0.4, 0.5) is 0 Å². The standard InChI is InChI=1S/C22H29ClN2O4/c1-14(23)13-25-18-10-20(28-5)19(27-4)9-15(18)8-16(21(25)26)12-24-17-6-7-29-22(2,3)11-17/h8-10,17,24H,1,6-7,11-13H2,2-5H3/t17-/m0/s1. The summed E-state index contributed by atoms with van der Waals surface area (Å²) in [7, 11) is 3.16. The molecular weight excluding hydrogens is 392 g/mol. The van der Waals surface area contributed by atoms with Gasteiger partial charge in [-0.3, -0.25) is 4.79 Å². The molecule has 2 heterocycles. The van der Waals surface area contributed by atoms with Crippen molar-refractivity contribution in [3.8, 4) is 11.5 Å². The number of fused-ring (bicyclic) bond motifs is 1. The summed E-state index contributed by atoms with van der Waals surface area (Å²) < 4.78 is 18.2. The number of nitrogens with zero attached hydrogens (tertiary/aromatic N) is 1. The first kappa shape index (κ1) is 21.7. The zero-order chi connectivity index (χ0) is 21.2. The van der Waals surface area contributed by atoms with Crippen LogP contribution in [0, 0.1) is 0 Å². The Morgan fingerprint density at radius 3 is 2.62 bits per heavy atom. The number of methoxy groups -OCH3 is 2. The van der Waals surface area contributed by atoms with E-state index >= 15 is 0 Å². The summed E-state index contributed by atoms with van der Waals surface area (Å²) in [6.45, 7) is 9.36. The van der Waals surface area contributed by atoms with Crippen molar-refractivity contribution >= 4 is 22.5 Å². The molecule has 6 nitrogen and oxygen atoms in total. The minimum Gasteiger partial charge on any atom is -0.493 e. The molecular formula is C22H29ClN2O4. The number of nitrogens with one attached hydrogen (secondary N) is 1. The highest BCUT2D eigenvalue weighted by molar-refractivity contribution is 6.29.